The lowest BCUT2D eigenvalue weighted by Gasteiger charge is -2.20. The van der Waals surface area contributed by atoms with E-state index in [-0.39, 0.29) is 11.9 Å². The SMILES string of the molecule is Cc1cc(C)n(Cc2ccc(C(=O)N3CCCC(N)CC3)cc2)n1. The van der Waals surface area contributed by atoms with Gasteiger partial charge in [0.05, 0.1) is 12.2 Å². The van der Waals surface area contributed by atoms with E-state index in [1.54, 1.807) is 0 Å². The van der Waals surface area contributed by atoms with Gasteiger partial charge < -0.3 is 10.6 Å². The van der Waals surface area contributed by atoms with Crippen LogP contribution in [0.4, 0.5) is 0 Å². The quantitative estimate of drug-likeness (QED) is 0.942. The first-order valence-corrected chi connectivity index (χ1v) is 8.68. The average Bonchev–Trinajstić information content (AvgIpc) is 2.74. The lowest BCUT2D eigenvalue weighted by molar-refractivity contribution is 0.0761. The van der Waals surface area contributed by atoms with Crippen molar-refractivity contribution in [3.05, 3.63) is 52.8 Å². The summed E-state index contributed by atoms with van der Waals surface area (Å²) in [4.78, 5) is 14.6. The molecule has 0 spiro atoms. The molecule has 1 atom stereocenters. The number of rotatable bonds is 3. The first-order valence-electron chi connectivity index (χ1n) is 8.68. The van der Waals surface area contributed by atoms with E-state index in [4.69, 9.17) is 5.73 Å². The maximum absolute atomic E-state index is 12.7. The molecule has 24 heavy (non-hydrogen) atoms. The van der Waals surface area contributed by atoms with Gasteiger partial charge in [0.25, 0.3) is 5.91 Å². The summed E-state index contributed by atoms with van der Waals surface area (Å²) in [6.45, 7) is 6.35. The minimum absolute atomic E-state index is 0.113. The molecule has 5 nitrogen and oxygen atoms in total. The minimum atomic E-state index is 0.113. The van der Waals surface area contributed by atoms with Crippen LogP contribution in [0, 0.1) is 13.8 Å². The molecule has 2 heterocycles. The van der Waals surface area contributed by atoms with E-state index in [0.717, 1.165) is 61.4 Å². The van der Waals surface area contributed by atoms with Crippen molar-refractivity contribution in [2.75, 3.05) is 13.1 Å². The normalized spacial score (nSPS) is 18.5. The van der Waals surface area contributed by atoms with Crippen molar-refractivity contribution in [3.63, 3.8) is 0 Å². The van der Waals surface area contributed by atoms with Crippen LogP contribution in [0.15, 0.2) is 30.3 Å². The van der Waals surface area contributed by atoms with Crippen molar-refractivity contribution in [3.8, 4) is 0 Å². The maximum atomic E-state index is 12.7. The summed E-state index contributed by atoms with van der Waals surface area (Å²) in [5, 5.41) is 4.48. The van der Waals surface area contributed by atoms with Gasteiger partial charge in [0.15, 0.2) is 0 Å². The molecule has 128 valence electrons. The highest BCUT2D eigenvalue weighted by Crippen LogP contribution is 2.15. The van der Waals surface area contributed by atoms with Crippen LogP contribution in [0.3, 0.4) is 0 Å². The monoisotopic (exact) mass is 326 g/mol. The van der Waals surface area contributed by atoms with Gasteiger partial charge in [-0.1, -0.05) is 12.1 Å². The van der Waals surface area contributed by atoms with Crippen LogP contribution in [-0.4, -0.2) is 39.7 Å². The van der Waals surface area contributed by atoms with Gasteiger partial charge in [0, 0.05) is 30.4 Å². The molecular formula is C19H26N4O. The predicted octanol–water partition coefficient (Wildman–Crippen LogP) is 2.50. The fourth-order valence-electron chi connectivity index (χ4n) is 3.27. The summed E-state index contributed by atoms with van der Waals surface area (Å²) in [5.41, 5.74) is 10.1. The highest BCUT2D eigenvalue weighted by atomic mass is 16.2. The van der Waals surface area contributed by atoms with E-state index in [1.165, 1.54) is 0 Å². The second-order valence-corrected chi connectivity index (χ2v) is 6.76. The summed E-state index contributed by atoms with van der Waals surface area (Å²) < 4.78 is 1.99. The van der Waals surface area contributed by atoms with Gasteiger partial charge in [-0.2, -0.15) is 5.10 Å². The van der Waals surface area contributed by atoms with Gasteiger partial charge in [-0.25, -0.2) is 0 Å². The number of hydrogen-bond donors (Lipinski definition) is 1. The third-order valence-electron chi connectivity index (χ3n) is 4.70. The fraction of sp³-hybridized carbons (Fsp3) is 0.474. The highest BCUT2D eigenvalue weighted by molar-refractivity contribution is 5.94. The number of benzene rings is 1. The second-order valence-electron chi connectivity index (χ2n) is 6.76. The van der Waals surface area contributed by atoms with Crippen molar-refractivity contribution in [2.24, 2.45) is 5.73 Å². The Morgan fingerprint density at radius 1 is 1.21 bits per heavy atom. The smallest absolute Gasteiger partial charge is 0.253 e. The van der Waals surface area contributed by atoms with Gasteiger partial charge >= 0.3 is 0 Å². The molecule has 1 fully saturated rings. The van der Waals surface area contributed by atoms with Crippen LogP contribution < -0.4 is 5.73 Å². The van der Waals surface area contributed by atoms with E-state index in [2.05, 4.69) is 18.1 Å². The number of likely N-dealkylation sites (tertiary alicyclic amines) is 1. The summed E-state index contributed by atoms with van der Waals surface area (Å²) in [7, 11) is 0. The van der Waals surface area contributed by atoms with Crippen molar-refractivity contribution < 1.29 is 4.79 Å². The standard InChI is InChI=1S/C19H26N4O/c1-14-12-15(2)23(21-14)13-16-5-7-17(8-6-16)19(24)22-10-3-4-18(20)9-11-22/h5-8,12,18H,3-4,9-11,13,20H2,1-2H3. The fourth-order valence-corrected chi connectivity index (χ4v) is 3.27. The van der Waals surface area contributed by atoms with Crippen LogP contribution in [0.25, 0.3) is 0 Å². The lowest BCUT2D eigenvalue weighted by atomic mass is 10.1. The van der Waals surface area contributed by atoms with Gasteiger partial charge in [-0.05, 0) is 56.9 Å². The Bertz CT molecular complexity index is 705. The Labute approximate surface area is 143 Å². The van der Waals surface area contributed by atoms with Crippen LogP contribution >= 0.6 is 0 Å². The summed E-state index contributed by atoms with van der Waals surface area (Å²) in [6, 6.07) is 10.2. The third-order valence-corrected chi connectivity index (χ3v) is 4.70. The molecule has 3 rings (SSSR count). The zero-order valence-electron chi connectivity index (χ0n) is 14.5. The van der Waals surface area contributed by atoms with Gasteiger partial charge in [-0.15, -0.1) is 0 Å². The molecule has 2 aromatic rings. The molecule has 1 aliphatic heterocycles. The molecule has 1 unspecified atom stereocenters. The first-order chi connectivity index (χ1) is 11.5. The molecule has 0 saturated carbocycles. The molecule has 0 bridgehead atoms. The highest BCUT2D eigenvalue weighted by Gasteiger charge is 2.19. The molecule has 1 aromatic carbocycles. The number of aromatic nitrogens is 2. The maximum Gasteiger partial charge on any atom is 0.253 e. The molecule has 5 heteroatoms. The third kappa shape index (κ3) is 3.85. The molecule has 1 aromatic heterocycles. The van der Waals surface area contributed by atoms with Crippen molar-refractivity contribution in [1.82, 2.24) is 14.7 Å². The number of nitrogens with zero attached hydrogens (tertiary/aromatic N) is 3. The van der Waals surface area contributed by atoms with E-state index < -0.39 is 0 Å². The summed E-state index contributed by atoms with van der Waals surface area (Å²) >= 11 is 0. The Kier molecular flexibility index (Phi) is 5.00. The van der Waals surface area contributed by atoms with E-state index in [0.29, 0.717) is 0 Å². The number of amides is 1. The van der Waals surface area contributed by atoms with Crippen LogP contribution in [0.5, 0.6) is 0 Å². The molecule has 0 radical (unpaired) electrons. The Morgan fingerprint density at radius 2 is 1.96 bits per heavy atom. The number of carbonyl (C=O) groups excluding carboxylic acids is 1. The lowest BCUT2D eigenvalue weighted by Crippen LogP contribution is -2.32. The van der Waals surface area contributed by atoms with Crippen molar-refractivity contribution in [1.29, 1.82) is 0 Å². The van der Waals surface area contributed by atoms with Crippen molar-refractivity contribution in [2.45, 2.75) is 45.7 Å². The Hall–Kier alpha value is -2.14. The van der Waals surface area contributed by atoms with Crippen LogP contribution in [0.2, 0.25) is 0 Å². The van der Waals surface area contributed by atoms with Crippen LogP contribution in [-0.2, 0) is 6.54 Å². The van der Waals surface area contributed by atoms with E-state index in [9.17, 15) is 4.79 Å². The van der Waals surface area contributed by atoms with Gasteiger partial charge in [-0.3, -0.25) is 9.48 Å². The topological polar surface area (TPSA) is 64.2 Å². The van der Waals surface area contributed by atoms with E-state index >= 15 is 0 Å². The first kappa shape index (κ1) is 16.7. The number of aryl methyl sites for hydroxylation is 2. The number of carbonyl (C=O) groups is 1. The van der Waals surface area contributed by atoms with Gasteiger partial charge in [0.1, 0.15) is 0 Å². The summed E-state index contributed by atoms with van der Waals surface area (Å²) in [6.07, 6.45) is 2.88. The Balaban J connectivity index is 1.67. The van der Waals surface area contributed by atoms with Gasteiger partial charge in [0.2, 0.25) is 0 Å². The summed E-state index contributed by atoms with van der Waals surface area (Å²) in [5.74, 6) is 0.113. The number of nitrogens with two attached hydrogens (primary N) is 1. The largest absolute Gasteiger partial charge is 0.339 e. The molecular weight excluding hydrogens is 300 g/mol. The molecule has 1 aliphatic rings. The molecule has 1 saturated heterocycles. The van der Waals surface area contributed by atoms with E-state index in [1.807, 2.05) is 40.8 Å². The van der Waals surface area contributed by atoms with Crippen molar-refractivity contribution >= 4 is 5.91 Å². The average molecular weight is 326 g/mol. The zero-order chi connectivity index (χ0) is 17.1. The molecule has 0 aliphatic carbocycles. The van der Waals surface area contributed by atoms with Crippen LogP contribution in [0.1, 0.15) is 46.6 Å². The predicted molar refractivity (Wildman–Crippen MR) is 95.0 cm³/mol. The second kappa shape index (κ2) is 7.18. The Morgan fingerprint density at radius 3 is 2.62 bits per heavy atom. The molecule has 2 N–H and O–H groups in total. The number of hydrogen-bond acceptors (Lipinski definition) is 3. The zero-order valence-corrected chi connectivity index (χ0v) is 14.5. The molecule has 1 amide bonds. The minimum Gasteiger partial charge on any atom is -0.339 e.